The Kier molecular flexibility index (Phi) is 17.3. The maximum Gasteiger partial charge on any atom is 0.0459 e. The number of unbranched alkanes of at least 4 members (excludes halogenated alkanes) is 10. The van der Waals surface area contributed by atoms with Crippen LogP contribution in [0.2, 0.25) is 0 Å². The van der Waals surface area contributed by atoms with Gasteiger partial charge in [-0.3, -0.25) is 0 Å². The van der Waals surface area contributed by atoms with Crippen LogP contribution >= 0.6 is 0 Å². The average molecular weight is 313 g/mol. The molecule has 0 rings (SSSR count). The summed E-state index contributed by atoms with van der Waals surface area (Å²) in [5.41, 5.74) is 0. The van der Waals surface area contributed by atoms with Gasteiger partial charge in [0.2, 0.25) is 0 Å². The second kappa shape index (κ2) is 17.3. The fourth-order valence-corrected chi connectivity index (χ4v) is 3.46. The number of aliphatic hydroxyl groups excluding tert-OH is 1. The Morgan fingerprint density at radius 2 is 1.09 bits per heavy atom. The summed E-state index contributed by atoms with van der Waals surface area (Å²) in [5, 5.41) is 9.58. The minimum atomic E-state index is 0.399. The fraction of sp³-hybridized carbons (Fsp3) is 1.00. The van der Waals surface area contributed by atoms with Gasteiger partial charge in [0.05, 0.1) is 0 Å². The summed E-state index contributed by atoms with van der Waals surface area (Å²) in [4.78, 5) is 0. The Labute approximate surface area is 141 Å². The van der Waals surface area contributed by atoms with Crippen LogP contribution in [0, 0.1) is 11.8 Å². The van der Waals surface area contributed by atoms with E-state index in [-0.39, 0.29) is 0 Å². The predicted octanol–water partition coefficient (Wildman–Crippen LogP) is 7.12. The summed E-state index contributed by atoms with van der Waals surface area (Å²) in [6.07, 6.45) is 20.4. The lowest BCUT2D eigenvalue weighted by Crippen LogP contribution is -2.11. The second-order valence-electron chi connectivity index (χ2n) is 7.50. The van der Waals surface area contributed by atoms with Crippen LogP contribution in [-0.2, 0) is 0 Å². The molecule has 134 valence electrons. The van der Waals surface area contributed by atoms with Gasteiger partial charge in [-0.25, -0.2) is 0 Å². The van der Waals surface area contributed by atoms with Crippen molar-refractivity contribution in [3.05, 3.63) is 0 Å². The van der Waals surface area contributed by atoms with Gasteiger partial charge in [0.25, 0.3) is 0 Å². The molecule has 0 amide bonds. The maximum atomic E-state index is 9.58. The minimum Gasteiger partial charge on any atom is -0.396 e. The fourth-order valence-electron chi connectivity index (χ4n) is 3.46. The van der Waals surface area contributed by atoms with E-state index < -0.39 is 0 Å². The third-order valence-electron chi connectivity index (χ3n) is 5.01. The molecule has 0 aromatic carbocycles. The molecule has 0 heterocycles. The van der Waals surface area contributed by atoms with Crippen molar-refractivity contribution < 1.29 is 5.11 Å². The van der Waals surface area contributed by atoms with Gasteiger partial charge < -0.3 is 5.11 Å². The summed E-state index contributed by atoms with van der Waals surface area (Å²) < 4.78 is 0. The molecule has 0 saturated heterocycles. The highest BCUT2D eigenvalue weighted by Crippen LogP contribution is 2.23. The van der Waals surface area contributed by atoms with Crippen LogP contribution in [0.25, 0.3) is 0 Å². The third kappa shape index (κ3) is 14.9. The summed E-state index contributed by atoms with van der Waals surface area (Å²) >= 11 is 0. The lowest BCUT2D eigenvalue weighted by Gasteiger charge is -2.19. The zero-order valence-corrected chi connectivity index (χ0v) is 15.9. The smallest absolute Gasteiger partial charge is 0.0459 e. The lowest BCUT2D eigenvalue weighted by atomic mass is 9.88. The van der Waals surface area contributed by atoms with Gasteiger partial charge in [-0.2, -0.15) is 0 Å². The van der Waals surface area contributed by atoms with Crippen molar-refractivity contribution >= 4 is 0 Å². The van der Waals surface area contributed by atoms with E-state index in [9.17, 15) is 5.11 Å². The van der Waals surface area contributed by atoms with Crippen LogP contribution in [0.5, 0.6) is 0 Å². The molecule has 0 spiro atoms. The van der Waals surface area contributed by atoms with Crippen LogP contribution in [-0.4, -0.2) is 11.7 Å². The zero-order chi connectivity index (χ0) is 16.5. The van der Waals surface area contributed by atoms with E-state index in [2.05, 4.69) is 20.8 Å². The maximum absolute atomic E-state index is 9.58. The first kappa shape index (κ1) is 22.0. The molecular weight excluding hydrogens is 268 g/mol. The SMILES string of the molecule is CCCCCCCCC(C)CC(CO)CCCCCCCC. The van der Waals surface area contributed by atoms with Gasteiger partial charge in [0.15, 0.2) is 0 Å². The monoisotopic (exact) mass is 312 g/mol. The summed E-state index contributed by atoms with van der Waals surface area (Å²) in [6, 6.07) is 0. The first-order valence-corrected chi connectivity index (χ1v) is 10.3. The van der Waals surface area contributed by atoms with Crippen molar-refractivity contribution in [2.24, 2.45) is 11.8 Å². The molecule has 2 atom stereocenters. The molecule has 1 heteroatoms. The largest absolute Gasteiger partial charge is 0.396 e. The van der Waals surface area contributed by atoms with Gasteiger partial charge in [-0.1, -0.05) is 104 Å². The van der Waals surface area contributed by atoms with Gasteiger partial charge in [-0.05, 0) is 24.7 Å². The molecule has 2 unspecified atom stereocenters. The van der Waals surface area contributed by atoms with E-state index in [1.54, 1.807) is 0 Å². The normalized spacial score (nSPS) is 14.2. The summed E-state index contributed by atoms with van der Waals surface area (Å²) in [7, 11) is 0. The van der Waals surface area contributed by atoms with E-state index in [0.29, 0.717) is 12.5 Å². The Morgan fingerprint density at radius 3 is 1.59 bits per heavy atom. The molecule has 0 aliphatic heterocycles. The molecule has 22 heavy (non-hydrogen) atoms. The van der Waals surface area contributed by atoms with Crippen molar-refractivity contribution in [1.82, 2.24) is 0 Å². The Bertz CT molecular complexity index is 202. The summed E-state index contributed by atoms with van der Waals surface area (Å²) in [5.74, 6) is 1.35. The summed E-state index contributed by atoms with van der Waals surface area (Å²) in [6.45, 7) is 7.33. The van der Waals surface area contributed by atoms with Crippen molar-refractivity contribution in [3.63, 3.8) is 0 Å². The Balaban J connectivity index is 3.51. The van der Waals surface area contributed by atoms with Crippen LogP contribution in [0.1, 0.15) is 117 Å². The lowest BCUT2D eigenvalue weighted by molar-refractivity contribution is 0.189. The average Bonchev–Trinajstić information content (AvgIpc) is 2.52. The van der Waals surface area contributed by atoms with Crippen molar-refractivity contribution in [3.8, 4) is 0 Å². The molecule has 1 N–H and O–H groups in total. The van der Waals surface area contributed by atoms with Gasteiger partial charge >= 0.3 is 0 Å². The molecule has 1 nitrogen and oxygen atoms in total. The topological polar surface area (TPSA) is 20.2 Å². The Hall–Kier alpha value is -0.0400. The molecular formula is C21H44O. The van der Waals surface area contributed by atoms with Crippen LogP contribution in [0.4, 0.5) is 0 Å². The Morgan fingerprint density at radius 1 is 0.636 bits per heavy atom. The first-order chi connectivity index (χ1) is 10.7. The van der Waals surface area contributed by atoms with E-state index in [4.69, 9.17) is 0 Å². The molecule has 0 aliphatic carbocycles. The molecule has 0 aromatic rings. The van der Waals surface area contributed by atoms with E-state index in [0.717, 1.165) is 5.92 Å². The molecule has 0 radical (unpaired) electrons. The highest BCUT2D eigenvalue weighted by atomic mass is 16.3. The molecule has 0 saturated carbocycles. The number of rotatable bonds is 17. The quantitative estimate of drug-likeness (QED) is 0.283. The van der Waals surface area contributed by atoms with Gasteiger partial charge in [-0.15, -0.1) is 0 Å². The van der Waals surface area contributed by atoms with Crippen molar-refractivity contribution in [2.75, 3.05) is 6.61 Å². The van der Waals surface area contributed by atoms with Crippen LogP contribution in [0.15, 0.2) is 0 Å². The standard InChI is InChI=1S/C21H44O/c1-4-6-8-10-12-14-16-20(3)18-21(19-22)17-15-13-11-9-7-5-2/h20-22H,4-19H2,1-3H3. The molecule has 0 aliphatic rings. The van der Waals surface area contributed by atoms with Gasteiger partial charge in [0, 0.05) is 6.61 Å². The van der Waals surface area contributed by atoms with E-state index in [1.165, 1.54) is 96.3 Å². The van der Waals surface area contributed by atoms with Crippen LogP contribution in [0.3, 0.4) is 0 Å². The third-order valence-corrected chi connectivity index (χ3v) is 5.01. The van der Waals surface area contributed by atoms with E-state index >= 15 is 0 Å². The van der Waals surface area contributed by atoms with Crippen LogP contribution < -0.4 is 0 Å². The number of hydrogen-bond acceptors (Lipinski definition) is 1. The molecule has 0 aromatic heterocycles. The number of hydrogen-bond donors (Lipinski definition) is 1. The molecule has 0 fully saturated rings. The highest BCUT2D eigenvalue weighted by Gasteiger charge is 2.12. The van der Waals surface area contributed by atoms with Crippen molar-refractivity contribution in [1.29, 1.82) is 0 Å². The number of aliphatic hydroxyl groups is 1. The molecule has 0 bridgehead atoms. The second-order valence-corrected chi connectivity index (χ2v) is 7.50. The minimum absolute atomic E-state index is 0.399. The van der Waals surface area contributed by atoms with Gasteiger partial charge in [0.1, 0.15) is 0 Å². The zero-order valence-electron chi connectivity index (χ0n) is 15.9. The predicted molar refractivity (Wildman–Crippen MR) is 100 cm³/mol. The van der Waals surface area contributed by atoms with E-state index in [1.807, 2.05) is 0 Å². The first-order valence-electron chi connectivity index (χ1n) is 10.3. The van der Waals surface area contributed by atoms with Crippen molar-refractivity contribution in [2.45, 2.75) is 117 Å². The highest BCUT2D eigenvalue weighted by molar-refractivity contribution is 4.64.